The van der Waals surface area contributed by atoms with Gasteiger partial charge in [0, 0.05) is 23.4 Å². The molecule has 0 aliphatic rings. The van der Waals surface area contributed by atoms with Crippen molar-refractivity contribution in [2.24, 2.45) is 0 Å². The summed E-state index contributed by atoms with van der Waals surface area (Å²) < 4.78 is 23.0. The number of aryl methyl sites for hydroxylation is 1. The van der Waals surface area contributed by atoms with E-state index in [9.17, 15) is 18.0 Å². The summed E-state index contributed by atoms with van der Waals surface area (Å²) in [6.45, 7) is 2.22. The highest BCUT2D eigenvalue weighted by molar-refractivity contribution is 7.90. The highest BCUT2D eigenvalue weighted by Gasteiger charge is 2.23. The molecule has 150 valence electrons. The molecule has 0 saturated carbocycles. The van der Waals surface area contributed by atoms with Crippen LogP contribution >= 0.6 is 11.6 Å². The number of sulfone groups is 1. The molecule has 2 aromatic carbocycles. The first-order valence-electron chi connectivity index (χ1n) is 8.72. The van der Waals surface area contributed by atoms with Gasteiger partial charge in [-0.05, 0) is 48.7 Å². The lowest BCUT2D eigenvalue weighted by atomic mass is 10.1. The number of hydrogen-bond donors (Lipinski definition) is 2. The van der Waals surface area contributed by atoms with Crippen molar-refractivity contribution in [3.63, 3.8) is 0 Å². The Morgan fingerprint density at radius 1 is 1.07 bits per heavy atom. The third-order valence-electron chi connectivity index (χ3n) is 4.22. The number of amides is 2. The lowest BCUT2D eigenvalue weighted by Crippen LogP contribution is -2.47. The predicted octanol–water partition coefficient (Wildman–Crippen LogP) is 2.50. The van der Waals surface area contributed by atoms with Crippen LogP contribution in [0.15, 0.2) is 48.5 Å². The third-order valence-corrected chi connectivity index (χ3v) is 5.45. The monoisotopic (exact) mass is 422 g/mol. The average Bonchev–Trinajstić information content (AvgIpc) is 2.64. The van der Waals surface area contributed by atoms with Crippen molar-refractivity contribution in [1.29, 1.82) is 0 Å². The normalized spacial score (nSPS) is 12.2. The molecule has 0 aliphatic heterocycles. The maximum atomic E-state index is 12.6. The van der Waals surface area contributed by atoms with Gasteiger partial charge in [-0.25, -0.2) is 8.42 Å². The first kappa shape index (κ1) is 21.9. The Balaban J connectivity index is 2.08. The van der Waals surface area contributed by atoms with Crippen LogP contribution in [0.25, 0.3) is 0 Å². The van der Waals surface area contributed by atoms with Gasteiger partial charge in [-0.15, -0.1) is 0 Å². The minimum Gasteiger partial charge on any atom is -0.350 e. The van der Waals surface area contributed by atoms with Gasteiger partial charge in [-0.2, -0.15) is 0 Å². The fourth-order valence-corrected chi connectivity index (χ4v) is 3.35. The smallest absolute Gasteiger partial charge is 0.251 e. The van der Waals surface area contributed by atoms with Crippen LogP contribution in [0.1, 0.15) is 27.9 Å². The SMILES string of the molecule is Cc1ccccc1CNC(=O)[C@H](CCS(C)(=O)=O)NC(=O)c1ccc(Cl)cc1. The van der Waals surface area contributed by atoms with Crippen LogP contribution in [0, 0.1) is 6.92 Å². The first-order valence-corrected chi connectivity index (χ1v) is 11.2. The predicted molar refractivity (Wildman–Crippen MR) is 110 cm³/mol. The van der Waals surface area contributed by atoms with Crippen LogP contribution in [-0.4, -0.2) is 38.3 Å². The van der Waals surface area contributed by atoms with Crippen molar-refractivity contribution >= 4 is 33.3 Å². The van der Waals surface area contributed by atoms with E-state index in [1.807, 2.05) is 31.2 Å². The minimum atomic E-state index is -3.28. The molecule has 2 aromatic rings. The zero-order valence-corrected chi connectivity index (χ0v) is 17.3. The molecule has 2 N–H and O–H groups in total. The molecule has 0 radical (unpaired) electrons. The molecule has 2 amide bonds. The van der Waals surface area contributed by atoms with Crippen molar-refractivity contribution in [3.05, 3.63) is 70.2 Å². The molecule has 0 bridgehead atoms. The van der Waals surface area contributed by atoms with Crippen LogP contribution in [0.5, 0.6) is 0 Å². The maximum Gasteiger partial charge on any atom is 0.251 e. The van der Waals surface area contributed by atoms with Gasteiger partial charge < -0.3 is 10.6 Å². The number of carbonyl (C=O) groups is 2. The van der Waals surface area contributed by atoms with Gasteiger partial charge in [0.15, 0.2) is 0 Å². The summed E-state index contributed by atoms with van der Waals surface area (Å²) in [5.41, 5.74) is 2.31. The van der Waals surface area contributed by atoms with Gasteiger partial charge in [0.25, 0.3) is 5.91 Å². The van der Waals surface area contributed by atoms with Gasteiger partial charge >= 0.3 is 0 Å². The van der Waals surface area contributed by atoms with Gasteiger partial charge in [0.2, 0.25) is 5.91 Å². The molecule has 1 atom stereocenters. The van der Waals surface area contributed by atoms with Gasteiger partial charge in [0.05, 0.1) is 5.75 Å². The van der Waals surface area contributed by atoms with Gasteiger partial charge in [0.1, 0.15) is 15.9 Å². The lowest BCUT2D eigenvalue weighted by Gasteiger charge is -2.19. The number of carbonyl (C=O) groups excluding carboxylic acids is 2. The van der Waals surface area contributed by atoms with Crippen molar-refractivity contribution < 1.29 is 18.0 Å². The first-order chi connectivity index (χ1) is 13.2. The molecule has 8 heteroatoms. The Kier molecular flexibility index (Phi) is 7.60. The second kappa shape index (κ2) is 9.71. The standard InChI is InChI=1S/C20H23ClN2O4S/c1-14-5-3-4-6-16(14)13-22-20(25)18(11-12-28(2,26)27)23-19(24)15-7-9-17(21)10-8-15/h3-10,18H,11-13H2,1-2H3,(H,22,25)(H,23,24)/t18-/m0/s1. The summed E-state index contributed by atoms with van der Waals surface area (Å²) >= 11 is 5.82. The zero-order chi connectivity index (χ0) is 20.7. The summed E-state index contributed by atoms with van der Waals surface area (Å²) in [6.07, 6.45) is 1.08. The summed E-state index contributed by atoms with van der Waals surface area (Å²) in [4.78, 5) is 25.1. The maximum absolute atomic E-state index is 12.6. The molecule has 0 unspecified atom stereocenters. The molecular weight excluding hydrogens is 400 g/mol. The minimum absolute atomic E-state index is 0.0161. The van der Waals surface area contributed by atoms with Crippen LogP contribution in [0.4, 0.5) is 0 Å². The molecular formula is C20H23ClN2O4S. The Hall–Kier alpha value is -2.38. The fraction of sp³-hybridized carbons (Fsp3) is 0.300. The van der Waals surface area contributed by atoms with Crippen LogP contribution in [0.3, 0.4) is 0 Å². The molecule has 6 nitrogen and oxygen atoms in total. The highest BCUT2D eigenvalue weighted by atomic mass is 35.5. The lowest BCUT2D eigenvalue weighted by molar-refractivity contribution is -0.123. The zero-order valence-electron chi connectivity index (χ0n) is 15.7. The van der Waals surface area contributed by atoms with Crippen LogP contribution in [0.2, 0.25) is 5.02 Å². The van der Waals surface area contributed by atoms with E-state index in [1.165, 1.54) is 12.1 Å². The Bertz CT molecular complexity index is 943. The fourth-order valence-electron chi connectivity index (χ4n) is 2.56. The molecule has 28 heavy (non-hydrogen) atoms. The summed E-state index contributed by atoms with van der Waals surface area (Å²) in [5.74, 6) is -1.12. The van der Waals surface area contributed by atoms with Crippen LogP contribution in [-0.2, 0) is 21.2 Å². The molecule has 0 aromatic heterocycles. The van der Waals surface area contributed by atoms with Crippen molar-refractivity contribution in [2.45, 2.75) is 25.9 Å². The van der Waals surface area contributed by atoms with E-state index in [2.05, 4.69) is 10.6 Å². The second-order valence-electron chi connectivity index (χ2n) is 6.60. The van der Waals surface area contributed by atoms with Gasteiger partial charge in [-0.1, -0.05) is 35.9 Å². The number of nitrogens with one attached hydrogen (secondary N) is 2. The molecule has 0 fully saturated rings. The Morgan fingerprint density at radius 3 is 2.32 bits per heavy atom. The van der Waals surface area contributed by atoms with E-state index in [0.29, 0.717) is 10.6 Å². The van der Waals surface area contributed by atoms with E-state index >= 15 is 0 Å². The molecule has 0 aliphatic carbocycles. The molecule has 2 rings (SSSR count). The summed E-state index contributed by atoms with van der Waals surface area (Å²) in [6, 6.07) is 12.9. The van der Waals surface area contributed by atoms with Crippen molar-refractivity contribution in [2.75, 3.05) is 12.0 Å². The quantitative estimate of drug-likeness (QED) is 0.683. The summed E-state index contributed by atoms with van der Waals surface area (Å²) in [5, 5.41) is 5.88. The number of rotatable bonds is 8. The molecule has 0 saturated heterocycles. The van der Waals surface area contributed by atoms with Crippen LogP contribution < -0.4 is 10.6 Å². The molecule has 0 heterocycles. The van der Waals surface area contributed by atoms with Crippen molar-refractivity contribution in [1.82, 2.24) is 10.6 Å². The van der Waals surface area contributed by atoms with E-state index < -0.39 is 27.7 Å². The van der Waals surface area contributed by atoms with E-state index in [4.69, 9.17) is 11.6 Å². The number of hydrogen-bond acceptors (Lipinski definition) is 4. The number of halogens is 1. The van der Waals surface area contributed by atoms with Gasteiger partial charge in [-0.3, -0.25) is 9.59 Å². The largest absolute Gasteiger partial charge is 0.350 e. The van der Waals surface area contributed by atoms with E-state index in [1.54, 1.807) is 12.1 Å². The van der Waals surface area contributed by atoms with E-state index in [0.717, 1.165) is 17.4 Å². The second-order valence-corrected chi connectivity index (χ2v) is 9.29. The Labute approximate surface area is 170 Å². The number of benzene rings is 2. The molecule has 0 spiro atoms. The topological polar surface area (TPSA) is 92.3 Å². The van der Waals surface area contributed by atoms with E-state index in [-0.39, 0.29) is 18.7 Å². The average molecular weight is 423 g/mol. The van der Waals surface area contributed by atoms with Crippen molar-refractivity contribution in [3.8, 4) is 0 Å². The highest BCUT2D eigenvalue weighted by Crippen LogP contribution is 2.10. The third kappa shape index (κ3) is 6.98. The Morgan fingerprint density at radius 2 is 1.71 bits per heavy atom. The summed E-state index contributed by atoms with van der Waals surface area (Å²) in [7, 11) is -3.28.